The molecule has 3 rings (SSSR count). The normalized spacial score (nSPS) is 11.6. The van der Waals surface area contributed by atoms with Gasteiger partial charge in [-0.25, -0.2) is 0 Å². The third-order valence-electron chi connectivity index (χ3n) is 4.25. The fraction of sp³-hybridized carbons (Fsp3) is 0.174. The Kier molecular flexibility index (Phi) is 7.06. The number of aliphatic hydroxyl groups excluding tert-OH is 1. The van der Waals surface area contributed by atoms with Crippen LogP contribution in [0.2, 0.25) is 5.02 Å². The summed E-state index contributed by atoms with van der Waals surface area (Å²) in [6.45, 7) is 0.497. The lowest BCUT2D eigenvalue weighted by molar-refractivity contribution is 0.0911. The molecular weight excluding hydrogens is 374 g/mol. The number of carbonyl (C=O) groups excluding carboxylic acids is 1. The first-order chi connectivity index (χ1) is 13.6. The maximum atomic E-state index is 12.6. The number of nitrogens with one attached hydrogen (secondary N) is 1. The number of halogens is 1. The highest BCUT2D eigenvalue weighted by Gasteiger charge is 2.14. The number of ether oxygens (including phenoxy) is 1. The van der Waals surface area contributed by atoms with E-state index in [1.54, 1.807) is 30.3 Å². The summed E-state index contributed by atoms with van der Waals surface area (Å²) in [5, 5.41) is 13.6. The van der Waals surface area contributed by atoms with Gasteiger partial charge in [0.2, 0.25) is 0 Å². The van der Waals surface area contributed by atoms with Gasteiger partial charge in [0.15, 0.2) is 0 Å². The minimum absolute atomic E-state index is 0.166. The highest BCUT2D eigenvalue weighted by molar-refractivity contribution is 6.30. The van der Waals surface area contributed by atoms with E-state index in [-0.39, 0.29) is 12.5 Å². The van der Waals surface area contributed by atoms with Gasteiger partial charge in [-0.2, -0.15) is 0 Å². The number of para-hydroxylation sites is 1. The van der Waals surface area contributed by atoms with Crippen molar-refractivity contribution in [3.8, 4) is 5.75 Å². The smallest absolute Gasteiger partial charge is 0.255 e. The minimum atomic E-state index is -0.659. The van der Waals surface area contributed by atoms with Crippen LogP contribution in [0.1, 0.15) is 21.5 Å². The van der Waals surface area contributed by atoms with Crippen molar-refractivity contribution in [3.63, 3.8) is 0 Å². The van der Waals surface area contributed by atoms with Gasteiger partial charge in [0.25, 0.3) is 5.91 Å². The second kappa shape index (κ2) is 9.93. The molecule has 0 bridgehead atoms. The van der Waals surface area contributed by atoms with Gasteiger partial charge < -0.3 is 15.2 Å². The molecular formula is C23H22ClNO3. The Morgan fingerprint density at radius 2 is 1.61 bits per heavy atom. The largest absolute Gasteiger partial charge is 0.488 e. The van der Waals surface area contributed by atoms with Gasteiger partial charge in [0.1, 0.15) is 12.4 Å². The Morgan fingerprint density at radius 1 is 0.929 bits per heavy atom. The molecule has 3 aromatic rings. The Labute approximate surface area is 169 Å². The molecule has 5 heteroatoms. The average Bonchev–Trinajstić information content (AvgIpc) is 2.72. The topological polar surface area (TPSA) is 58.6 Å². The fourth-order valence-corrected chi connectivity index (χ4v) is 2.91. The third kappa shape index (κ3) is 5.84. The molecule has 144 valence electrons. The second-order valence-electron chi connectivity index (χ2n) is 6.46. The Bertz CT molecular complexity index is 897. The third-order valence-corrected chi connectivity index (χ3v) is 4.50. The van der Waals surface area contributed by atoms with Gasteiger partial charge in [-0.3, -0.25) is 4.79 Å². The Morgan fingerprint density at radius 3 is 2.36 bits per heavy atom. The molecule has 0 heterocycles. The molecule has 2 N–H and O–H groups in total. The summed E-state index contributed by atoms with van der Waals surface area (Å²) in [5.41, 5.74) is 2.41. The van der Waals surface area contributed by atoms with Crippen LogP contribution in [-0.4, -0.2) is 23.7 Å². The van der Waals surface area contributed by atoms with E-state index in [1.807, 2.05) is 48.5 Å². The Balaban J connectivity index is 1.56. The van der Waals surface area contributed by atoms with E-state index < -0.39 is 6.10 Å². The highest BCUT2D eigenvalue weighted by atomic mass is 35.5. The molecule has 0 aromatic heterocycles. The van der Waals surface area contributed by atoms with E-state index in [4.69, 9.17) is 16.3 Å². The van der Waals surface area contributed by atoms with Crippen LogP contribution >= 0.6 is 11.6 Å². The fourth-order valence-electron chi connectivity index (χ4n) is 2.79. The van der Waals surface area contributed by atoms with Gasteiger partial charge in [-0.15, -0.1) is 0 Å². The summed E-state index contributed by atoms with van der Waals surface area (Å²) in [7, 11) is 0. The predicted molar refractivity (Wildman–Crippen MR) is 111 cm³/mol. The van der Waals surface area contributed by atoms with Crippen LogP contribution in [0.3, 0.4) is 0 Å². The van der Waals surface area contributed by atoms with Crippen LogP contribution < -0.4 is 10.1 Å². The van der Waals surface area contributed by atoms with Crippen molar-refractivity contribution in [1.29, 1.82) is 0 Å². The molecule has 1 unspecified atom stereocenters. The number of benzene rings is 3. The molecule has 3 aromatic carbocycles. The summed E-state index contributed by atoms with van der Waals surface area (Å²) in [4.78, 5) is 12.6. The minimum Gasteiger partial charge on any atom is -0.488 e. The molecule has 0 aliphatic rings. The number of carbonyl (C=O) groups is 1. The zero-order chi connectivity index (χ0) is 19.8. The van der Waals surface area contributed by atoms with Crippen LogP contribution in [0.15, 0.2) is 78.9 Å². The summed E-state index contributed by atoms with van der Waals surface area (Å²) in [6.07, 6.45) is -0.177. The van der Waals surface area contributed by atoms with E-state index in [1.165, 1.54) is 0 Å². The van der Waals surface area contributed by atoms with E-state index >= 15 is 0 Å². The molecule has 0 saturated carbocycles. The number of hydrogen-bond acceptors (Lipinski definition) is 3. The van der Waals surface area contributed by atoms with E-state index in [9.17, 15) is 9.90 Å². The van der Waals surface area contributed by atoms with Crippen molar-refractivity contribution in [2.45, 2.75) is 19.1 Å². The summed E-state index contributed by atoms with van der Waals surface area (Å²) < 4.78 is 5.82. The van der Waals surface area contributed by atoms with Gasteiger partial charge in [-0.1, -0.05) is 66.2 Å². The number of hydrogen-bond donors (Lipinski definition) is 2. The molecule has 0 fully saturated rings. The van der Waals surface area contributed by atoms with Crippen LogP contribution in [0.5, 0.6) is 5.75 Å². The van der Waals surface area contributed by atoms with Crippen LogP contribution in [0.4, 0.5) is 0 Å². The van der Waals surface area contributed by atoms with Crippen molar-refractivity contribution in [1.82, 2.24) is 5.32 Å². The molecule has 0 spiro atoms. The van der Waals surface area contributed by atoms with Crippen LogP contribution in [0, 0.1) is 0 Å². The van der Waals surface area contributed by atoms with Crippen molar-refractivity contribution >= 4 is 17.5 Å². The van der Waals surface area contributed by atoms with Crippen molar-refractivity contribution in [3.05, 3.63) is 101 Å². The van der Waals surface area contributed by atoms with Crippen LogP contribution in [0.25, 0.3) is 0 Å². The summed E-state index contributed by atoms with van der Waals surface area (Å²) >= 11 is 5.89. The number of amides is 1. The highest BCUT2D eigenvalue weighted by Crippen LogP contribution is 2.20. The maximum absolute atomic E-state index is 12.6. The molecule has 4 nitrogen and oxygen atoms in total. The number of rotatable bonds is 8. The lowest BCUT2D eigenvalue weighted by atomic mass is 10.1. The first-order valence-corrected chi connectivity index (χ1v) is 9.46. The average molecular weight is 396 g/mol. The molecule has 0 saturated heterocycles. The molecule has 0 aliphatic heterocycles. The molecule has 0 radical (unpaired) electrons. The van der Waals surface area contributed by atoms with Crippen LogP contribution in [-0.2, 0) is 13.0 Å². The van der Waals surface area contributed by atoms with Crippen molar-refractivity contribution < 1.29 is 14.6 Å². The quantitative estimate of drug-likeness (QED) is 0.599. The van der Waals surface area contributed by atoms with Crippen molar-refractivity contribution in [2.75, 3.05) is 6.54 Å². The SMILES string of the molecule is O=C(NCC(O)Cc1ccccc1)c1ccccc1OCc1ccc(Cl)cc1. The lowest BCUT2D eigenvalue weighted by Gasteiger charge is -2.14. The van der Waals surface area contributed by atoms with E-state index in [0.717, 1.165) is 11.1 Å². The number of aliphatic hydroxyl groups is 1. The molecule has 28 heavy (non-hydrogen) atoms. The van der Waals surface area contributed by atoms with Gasteiger partial charge in [0, 0.05) is 18.0 Å². The summed E-state index contributed by atoms with van der Waals surface area (Å²) in [6, 6.07) is 24.1. The zero-order valence-electron chi connectivity index (χ0n) is 15.3. The Hall–Kier alpha value is -2.82. The van der Waals surface area contributed by atoms with Gasteiger partial charge >= 0.3 is 0 Å². The maximum Gasteiger partial charge on any atom is 0.255 e. The lowest BCUT2D eigenvalue weighted by Crippen LogP contribution is -2.33. The monoisotopic (exact) mass is 395 g/mol. The molecule has 1 amide bonds. The molecule has 0 aliphatic carbocycles. The van der Waals surface area contributed by atoms with E-state index in [0.29, 0.717) is 29.4 Å². The second-order valence-corrected chi connectivity index (χ2v) is 6.90. The first-order valence-electron chi connectivity index (χ1n) is 9.08. The van der Waals surface area contributed by atoms with Gasteiger partial charge in [-0.05, 0) is 35.4 Å². The van der Waals surface area contributed by atoms with E-state index in [2.05, 4.69) is 5.32 Å². The van der Waals surface area contributed by atoms with Gasteiger partial charge in [0.05, 0.1) is 11.7 Å². The zero-order valence-corrected chi connectivity index (χ0v) is 16.1. The predicted octanol–water partition coefficient (Wildman–Crippen LogP) is 4.25. The summed E-state index contributed by atoms with van der Waals surface area (Å²) in [5.74, 6) is 0.214. The standard InChI is InChI=1S/C23H22ClNO3/c24-19-12-10-18(11-13-19)16-28-22-9-5-4-8-21(22)23(27)25-15-20(26)14-17-6-2-1-3-7-17/h1-13,20,26H,14-16H2,(H,25,27). The first kappa shape index (κ1) is 19.9. The molecule has 1 atom stereocenters. The van der Waals surface area contributed by atoms with Crippen molar-refractivity contribution in [2.24, 2.45) is 0 Å².